The lowest BCUT2D eigenvalue weighted by atomic mass is 10.0. The molecule has 184 valence electrons. The van der Waals surface area contributed by atoms with E-state index in [2.05, 4.69) is 43.4 Å². The summed E-state index contributed by atoms with van der Waals surface area (Å²) < 4.78 is 23.0. The normalized spacial score (nSPS) is 18.6. The van der Waals surface area contributed by atoms with E-state index in [1.807, 2.05) is 18.2 Å². The molecule has 0 saturated carbocycles. The predicted molar refractivity (Wildman–Crippen MR) is 134 cm³/mol. The lowest BCUT2D eigenvalue weighted by Gasteiger charge is -2.33. The second-order valence-corrected chi connectivity index (χ2v) is 10.9. The molecular formula is C23H28BrN3O6S. The van der Waals surface area contributed by atoms with Gasteiger partial charge >= 0.3 is 6.09 Å². The second kappa shape index (κ2) is 11.7. The average molecular weight is 554 g/mol. The molecule has 3 rings (SSSR count). The van der Waals surface area contributed by atoms with Crippen molar-refractivity contribution in [2.75, 3.05) is 6.54 Å². The predicted octanol–water partition coefficient (Wildman–Crippen LogP) is 3.99. The Morgan fingerprint density at radius 2 is 1.85 bits per heavy atom. The van der Waals surface area contributed by atoms with Crippen molar-refractivity contribution >= 4 is 44.6 Å². The first-order valence-electron chi connectivity index (χ1n) is 10.8. The van der Waals surface area contributed by atoms with Crippen molar-refractivity contribution in [2.24, 2.45) is 0 Å². The minimum atomic E-state index is -3.29. The van der Waals surface area contributed by atoms with Crippen LogP contribution in [0.4, 0.5) is 4.79 Å². The molecule has 2 atom stereocenters. The van der Waals surface area contributed by atoms with Crippen molar-refractivity contribution in [2.45, 2.75) is 43.4 Å². The van der Waals surface area contributed by atoms with Crippen LogP contribution in [-0.4, -0.2) is 44.7 Å². The van der Waals surface area contributed by atoms with Gasteiger partial charge in [-0.25, -0.2) is 4.79 Å². The molecule has 6 N–H and O–H groups in total. The number of hydrogen-bond donors (Lipinski definition) is 6. The van der Waals surface area contributed by atoms with Crippen molar-refractivity contribution in [3.05, 3.63) is 69.7 Å². The van der Waals surface area contributed by atoms with E-state index < -0.39 is 40.0 Å². The third-order valence-corrected chi connectivity index (χ3v) is 7.96. The smallest absolute Gasteiger partial charge is 0.405 e. The molecule has 1 unspecified atom stereocenters. The van der Waals surface area contributed by atoms with Crippen molar-refractivity contribution in [3.8, 4) is 0 Å². The summed E-state index contributed by atoms with van der Waals surface area (Å²) >= 11 is 3.40. The van der Waals surface area contributed by atoms with Gasteiger partial charge in [0.1, 0.15) is 11.3 Å². The Morgan fingerprint density at radius 1 is 1.12 bits per heavy atom. The van der Waals surface area contributed by atoms with Crippen molar-refractivity contribution in [1.82, 2.24) is 15.4 Å². The molecule has 0 spiro atoms. The van der Waals surface area contributed by atoms with Crippen LogP contribution >= 0.6 is 26.7 Å². The summed E-state index contributed by atoms with van der Waals surface area (Å²) in [6.07, 6.45) is 1.33. The van der Waals surface area contributed by atoms with Crippen LogP contribution < -0.4 is 15.4 Å². The van der Waals surface area contributed by atoms with Crippen LogP contribution in [0.15, 0.2) is 53.0 Å². The highest BCUT2D eigenvalue weighted by Gasteiger charge is 2.39. The van der Waals surface area contributed by atoms with Crippen LogP contribution in [0.3, 0.4) is 0 Å². The van der Waals surface area contributed by atoms with Crippen LogP contribution in [0.5, 0.6) is 0 Å². The number of aryl methyl sites for hydroxylation is 1. The molecule has 2 aromatic carbocycles. The van der Waals surface area contributed by atoms with E-state index in [9.17, 15) is 28.6 Å². The van der Waals surface area contributed by atoms with E-state index in [0.29, 0.717) is 22.1 Å². The molecule has 0 radical (unpaired) electrons. The Bertz CT molecular complexity index is 1040. The Balaban J connectivity index is 1.57. The summed E-state index contributed by atoms with van der Waals surface area (Å²) in [6.45, 7) is 0.437. The zero-order valence-electron chi connectivity index (χ0n) is 18.4. The Morgan fingerprint density at radius 3 is 2.47 bits per heavy atom. The van der Waals surface area contributed by atoms with Gasteiger partial charge in [-0.2, -0.15) is 0 Å². The molecule has 0 aliphatic carbocycles. The van der Waals surface area contributed by atoms with Gasteiger partial charge in [-0.15, -0.1) is 10.8 Å². The number of benzene rings is 2. The number of hydrogen-bond acceptors (Lipinski definition) is 5. The Hall–Kier alpha value is -2.60. The Kier molecular flexibility index (Phi) is 8.95. The summed E-state index contributed by atoms with van der Waals surface area (Å²) in [4.78, 5) is 35.5. The maximum atomic E-state index is 12.6. The van der Waals surface area contributed by atoms with Gasteiger partial charge in [-0.1, -0.05) is 58.4 Å². The van der Waals surface area contributed by atoms with Gasteiger partial charge in [0.25, 0.3) is 0 Å². The largest absolute Gasteiger partial charge is 0.465 e. The molecule has 1 fully saturated rings. The summed E-state index contributed by atoms with van der Waals surface area (Å²) in [5, 5.41) is 13.5. The number of carboxylic acid groups (broad SMARTS) is 1. The maximum absolute atomic E-state index is 12.6. The van der Waals surface area contributed by atoms with Crippen LogP contribution in [0.2, 0.25) is 0 Å². The summed E-state index contributed by atoms with van der Waals surface area (Å²) in [5.74, 6) is -0.853. The molecule has 11 heteroatoms. The van der Waals surface area contributed by atoms with Gasteiger partial charge < -0.3 is 15.7 Å². The van der Waals surface area contributed by atoms with Crippen molar-refractivity contribution < 1.29 is 28.6 Å². The SMILES string of the molecule is O=C(O)N[C@@H](Cc1ccc(C2CC(=O)NS2(O)O)c(Br)c1)C(=O)NCCCCc1ccccc1. The van der Waals surface area contributed by atoms with E-state index in [1.165, 1.54) is 5.56 Å². The summed E-state index contributed by atoms with van der Waals surface area (Å²) in [6, 6.07) is 14.1. The molecule has 0 bridgehead atoms. The molecular weight excluding hydrogens is 526 g/mol. The third-order valence-electron chi connectivity index (χ3n) is 5.53. The first kappa shape index (κ1) is 26.0. The molecule has 1 aliphatic rings. The van der Waals surface area contributed by atoms with Gasteiger partial charge in [0.2, 0.25) is 11.8 Å². The van der Waals surface area contributed by atoms with E-state index in [0.717, 1.165) is 19.3 Å². The van der Waals surface area contributed by atoms with Crippen molar-refractivity contribution in [1.29, 1.82) is 0 Å². The number of nitrogens with one attached hydrogen (secondary N) is 3. The topological polar surface area (TPSA) is 148 Å². The van der Waals surface area contributed by atoms with Crippen LogP contribution in [0, 0.1) is 0 Å². The van der Waals surface area contributed by atoms with Gasteiger partial charge in [-0.05, 0) is 42.0 Å². The maximum Gasteiger partial charge on any atom is 0.405 e. The minimum absolute atomic E-state index is 0.0455. The van der Waals surface area contributed by atoms with Gasteiger partial charge in [0, 0.05) is 17.4 Å². The molecule has 0 aromatic heterocycles. The number of rotatable bonds is 10. The molecule has 9 nitrogen and oxygen atoms in total. The first-order valence-corrected chi connectivity index (χ1v) is 13.2. The Labute approximate surface area is 207 Å². The zero-order chi connectivity index (χ0) is 24.7. The quantitative estimate of drug-likeness (QED) is 0.245. The summed E-state index contributed by atoms with van der Waals surface area (Å²) in [7, 11) is -3.29. The number of carbonyl (C=O) groups excluding carboxylic acids is 2. The zero-order valence-corrected chi connectivity index (χ0v) is 20.8. The van der Waals surface area contributed by atoms with Gasteiger partial charge in [0.05, 0.1) is 6.42 Å². The fourth-order valence-electron chi connectivity index (χ4n) is 3.84. The lowest BCUT2D eigenvalue weighted by Crippen LogP contribution is -2.47. The average Bonchev–Trinajstić information content (AvgIpc) is 3.05. The number of unbranched alkanes of at least 4 members (excludes halogenated alkanes) is 1. The first-order chi connectivity index (χ1) is 16.2. The van der Waals surface area contributed by atoms with Gasteiger partial charge in [-0.3, -0.25) is 23.4 Å². The van der Waals surface area contributed by atoms with Crippen LogP contribution in [0.1, 0.15) is 41.2 Å². The minimum Gasteiger partial charge on any atom is -0.465 e. The number of amides is 3. The lowest BCUT2D eigenvalue weighted by molar-refractivity contribution is -0.123. The van der Waals surface area contributed by atoms with E-state index in [-0.39, 0.29) is 12.8 Å². The van der Waals surface area contributed by atoms with Crippen LogP contribution in [0.25, 0.3) is 0 Å². The summed E-state index contributed by atoms with van der Waals surface area (Å²) in [5.41, 5.74) is 2.45. The molecule has 1 aliphatic heterocycles. The number of carbonyl (C=O) groups is 3. The molecule has 3 amide bonds. The highest BCUT2D eigenvalue weighted by Crippen LogP contribution is 2.57. The van der Waals surface area contributed by atoms with E-state index in [4.69, 9.17) is 0 Å². The second-order valence-electron chi connectivity index (χ2n) is 8.11. The highest BCUT2D eigenvalue weighted by molar-refractivity contribution is 9.10. The number of halogens is 1. The highest BCUT2D eigenvalue weighted by atomic mass is 79.9. The standard InChI is InChI=1S/C23H28BrN3O6S/c24-18-12-16(9-10-17(18)20-14-21(28)27-34(20,32)33)13-19(26-23(30)31)22(29)25-11-5-4-8-15-6-2-1-3-7-15/h1-3,6-7,9-10,12,19-20,26,32-33H,4-5,8,11,13-14H2,(H,25,29)(H,27,28)(H,30,31)/t19-,20?/m0/s1. The van der Waals surface area contributed by atoms with Gasteiger partial charge in [0.15, 0.2) is 0 Å². The van der Waals surface area contributed by atoms with Crippen molar-refractivity contribution in [3.63, 3.8) is 0 Å². The van der Waals surface area contributed by atoms with Crippen LogP contribution in [-0.2, 0) is 22.4 Å². The van der Waals surface area contributed by atoms with E-state index >= 15 is 0 Å². The fourth-order valence-corrected chi connectivity index (χ4v) is 6.20. The fraction of sp³-hybridized carbons (Fsp3) is 0.348. The van der Waals surface area contributed by atoms with E-state index in [1.54, 1.807) is 18.2 Å². The molecule has 2 aromatic rings. The molecule has 34 heavy (non-hydrogen) atoms. The monoisotopic (exact) mass is 553 g/mol. The molecule has 1 saturated heterocycles. The molecule has 1 heterocycles. The third kappa shape index (κ3) is 7.20.